The third kappa shape index (κ3) is 4.23. The number of anilines is 2. The molecule has 2 aromatic rings. The number of nitrogens with one attached hydrogen (secondary N) is 2. The van der Waals surface area contributed by atoms with E-state index in [0.717, 1.165) is 0 Å². The maximum atomic E-state index is 11.9. The van der Waals surface area contributed by atoms with Crippen LogP contribution in [0, 0.1) is 0 Å². The van der Waals surface area contributed by atoms with Crippen LogP contribution < -0.4 is 10.6 Å². The Kier molecular flexibility index (Phi) is 5.01. The molecule has 0 unspecified atom stereocenters. The fraction of sp³-hybridized carbons (Fsp3) is 0.125. The molecule has 0 aliphatic carbocycles. The van der Waals surface area contributed by atoms with Crippen molar-refractivity contribution in [3.8, 4) is 0 Å². The van der Waals surface area contributed by atoms with E-state index >= 15 is 0 Å². The number of urea groups is 1. The van der Waals surface area contributed by atoms with E-state index in [1.807, 2.05) is 0 Å². The first-order valence-corrected chi connectivity index (χ1v) is 6.99. The number of carbonyl (C=O) groups is 2. The Bertz CT molecular complexity index is 667. The summed E-state index contributed by atoms with van der Waals surface area (Å²) in [6, 6.07) is 13.1. The highest BCUT2D eigenvalue weighted by Gasteiger charge is 2.08. The first-order valence-electron chi connectivity index (χ1n) is 6.61. The maximum absolute atomic E-state index is 11.9. The number of nitrogens with zero attached hydrogens (tertiary/aromatic N) is 1. The highest BCUT2D eigenvalue weighted by molar-refractivity contribution is 6.30. The summed E-state index contributed by atoms with van der Waals surface area (Å²) in [5, 5.41) is 5.99. The SMILES string of the molecule is CN(C)C(=O)c1ccc(NC(=O)Nc2ccc(Cl)cc2)cc1. The lowest BCUT2D eigenvalue weighted by molar-refractivity contribution is 0.0827. The molecular weight excluding hydrogens is 302 g/mol. The second kappa shape index (κ2) is 6.95. The first kappa shape index (κ1) is 15.9. The summed E-state index contributed by atoms with van der Waals surface area (Å²) < 4.78 is 0. The van der Waals surface area contributed by atoms with Crippen LogP contribution in [0.1, 0.15) is 10.4 Å². The zero-order chi connectivity index (χ0) is 16.1. The van der Waals surface area contributed by atoms with Gasteiger partial charge in [0.15, 0.2) is 0 Å². The van der Waals surface area contributed by atoms with Crippen LogP contribution >= 0.6 is 11.6 Å². The normalized spacial score (nSPS) is 9.95. The van der Waals surface area contributed by atoms with E-state index in [1.165, 1.54) is 4.90 Å². The van der Waals surface area contributed by atoms with Gasteiger partial charge in [-0.05, 0) is 48.5 Å². The van der Waals surface area contributed by atoms with Gasteiger partial charge >= 0.3 is 6.03 Å². The zero-order valence-electron chi connectivity index (χ0n) is 12.3. The molecule has 0 fully saturated rings. The van der Waals surface area contributed by atoms with Gasteiger partial charge < -0.3 is 15.5 Å². The van der Waals surface area contributed by atoms with Crippen LogP contribution in [0.4, 0.5) is 16.2 Å². The van der Waals surface area contributed by atoms with Crippen LogP contribution in [0.25, 0.3) is 0 Å². The summed E-state index contributed by atoms with van der Waals surface area (Å²) in [6.45, 7) is 0. The molecule has 2 aromatic carbocycles. The smallest absolute Gasteiger partial charge is 0.323 e. The number of rotatable bonds is 3. The molecule has 0 saturated heterocycles. The number of hydrogen-bond acceptors (Lipinski definition) is 2. The zero-order valence-corrected chi connectivity index (χ0v) is 13.0. The molecule has 0 atom stereocenters. The molecule has 5 nitrogen and oxygen atoms in total. The van der Waals surface area contributed by atoms with Gasteiger partial charge in [0.1, 0.15) is 0 Å². The van der Waals surface area contributed by atoms with Gasteiger partial charge in [0.05, 0.1) is 0 Å². The summed E-state index contributed by atoms with van der Waals surface area (Å²) in [5.74, 6) is -0.0860. The molecule has 0 aliphatic heterocycles. The fourth-order valence-electron chi connectivity index (χ4n) is 1.78. The van der Waals surface area contributed by atoms with Gasteiger partial charge in [0.25, 0.3) is 5.91 Å². The van der Waals surface area contributed by atoms with E-state index in [4.69, 9.17) is 11.6 Å². The Hall–Kier alpha value is -2.53. The number of halogens is 1. The van der Waals surface area contributed by atoms with E-state index in [-0.39, 0.29) is 11.9 Å². The maximum Gasteiger partial charge on any atom is 0.323 e. The summed E-state index contributed by atoms with van der Waals surface area (Å²) in [5.41, 5.74) is 1.80. The topological polar surface area (TPSA) is 61.4 Å². The average molecular weight is 318 g/mol. The number of benzene rings is 2. The lowest BCUT2D eigenvalue weighted by atomic mass is 10.2. The summed E-state index contributed by atoms with van der Waals surface area (Å²) in [7, 11) is 3.38. The van der Waals surface area contributed by atoms with Crippen molar-refractivity contribution in [3.63, 3.8) is 0 Å². The third-order valence-corrected chi connectivity index (χ3v) is 3.15. The molecule has 0 aliphatic rings. The van der Waals surface area contributed by atoms with E-state index in [0.29, 0.717) is 22.0 Å². The van der Waals surface area contributed by atoms with Gasteiger partial charge in [0, 0.05) is 36.1 Å². The molecule has 114 valence electrons. The third-order valence-electron chi connectivity index (χ3n) is 2.90. The lowest BCUT2D eigenvalue weighted by Crippen LogP contribution is -2.22. The van der Waals surface area contributed by atoms with Crippen LogP contribution in [0.2, 0.25) is 5.02 Å². The number of hydrogen-bond donors (Lipinski definition) is 2. The van der Waals surface area contributed by atoms with Gasteiger partial charge in [-0.1, -0.05) is 11.6 Å². The van der Waals surface area contributed by atoms with E-state index in [1.54, 1.807) is 62.6 Å². The van der Waals surface area contributed by atoms with E-state index < -0.39 is 0 Å². The van der Waals surface area contributed by atoms with Gasteiger partial charge in [-0.15, -0.1) is 0 Å². The standard InChI is InChI=1S/C16H16ClN3O2/c1-20(2)15(21)11-3-7-13(8-4-11)18-16(22)19-14-9-5-12(17)6-10-14/h3-10H,1-2H3,(H2,18,19,22). The molecule has 6 heteroatoms. The minimum Gasteiger partial charge on any atom is -0.345 e. The predicted molar refractivity (Wildman–Crippen MR) is 88.6 cm³/mol. The van der Waals surface area contributed by atoms with Crippen molar-refractivity contribution in [1.29, 1.82) is 0 Å². The van der Waals surface area contributed by atoms with Gasteiger partial charge in [0.2, 0.25) is 0 Å². The highest BCUT2D eigenvalue weighted by atomic mass is 35.5. The minimum absolute atomic E-state index is 0.0860. The second-order valence-electron chi connectivity index (χ2n) is 4.86. The largest absolute Gasteiger partial charge is 0.345 e. The predicted octanol–water partition coefficient (Wildman–Crippen LogP) is 3.69. The van der Waals surface area contributed by atoms with Crippen molar-refractivity contribution >= 4 is 34.9 Å². The van der Waals surface area contributed by atoms with Gasteiger partial charge in [-0.3, -0.25) is 4.79 Å². The summed E-state index contributed by atoms with van der Waals surface area (Å²) >= 11 is 5.78. The minimum atomic E-state index is -0.367. The number of carbonyl (C=O) groups excluding carboxylic acids is 2. The van der Waals surface area contributed by atoms with Crippen LogP contribution in [0.5, 0.6) is 0 Å². The van der Waals surface area contributed by atoms with Gasteiger partial charge in [-0.25, -0.2) is 4.79 Å². The van der Waals surface area contributed by atoms with Crippen LogP contribution in [0.15, 0.2) is 48.5 Å². The first-order chi connectivity index (χ1) is 10.5. The molecule has 0 heterocycles. The molecule has 0 spiro atoms. The van der Waals surface area contributed by atoms with E-state index in [9.17, 15) is 9.59 Å². The summed E-state index contributed by atoms with van der Waals surface area (Å²) in [4.78, 5) is 25.1. The quantitative estimate of drug-likeness (QED) is 0.907. The van der Waals surface area contributed by atoms with Crippen molar-refractivity contribution in [2.75, 3.05) is 24.7 Å². The average Bonchev–Trinajstić information content (AvgIpc) is 2.49. The Morgan fingerprint density at radius 1 is 0.864 bits per heavy atom. The molecule has 0 aromatic heterocycles. The van der Waals surface area contributed by atoms with Crippen molar-refractivity contribution < 1.29 is 9.59 Å². The Labute approximate surface area is 133 Å². The van der Waals surface area contributed by atoms with Crippen LogP contribution in [-0.2, 0) is 0 Å². The van der Waals surface area contributed by atoms with E-state index in [2.05, 4.69) is 10.6 Å². The molecule has 22 heavy (non-hydrogen) atoms. The highest BCUT2D eigenvalue weighted by Crippen LogP contribution is 2.15. The van der Waals surface area contributed by atoms with Gasteiger partial charge in [-0.2, -0.15) is 0 Å². The fourth-order valence-corrected chi connectivity index (χ4v) is 1.91. The van der Waals surface area contributed by atoms with Crippen molar-refractivity contribution in [1.82, 2.24) is 4.90 Å². The van der Waals surface area contributed by atoms with Crippen molar-refractivity contribution in [2.45, 2.75) is 0 Å². The molecule has 3 amide bonds. The molecule has 0 bridgehead atoms. The lowest BCUT2D eigenvalue weighted by Gasteiger charge is -2.11. The van der Waals surface area contributed by atoms with Crippen molar-refractivity contribution in [2.24, 2.45) is 0 Å². The molecule has 2 N–H and O–H groups in total. The molecule has 0 saturated carbocycles. The summed E-state index contributed by atoms with van der Waals surface area (Å²) in [6.07, 6.45) is 0. The Morgan fingerprint density at radius 3 is 1.77 bits per heavy atom. The second-order valence-corrected chi connectivity index (χ2v) is 5.30. The molecular formula is C16H16ClN3O2. The Balaban J connectivity index is 1.97. The van der Waals surface area contributed by atoms with Crippen LogP contribution in [0.3, 0.4) is 0 Å². The number of amides is 3. The molecule has 2 rings (SSSR count). The molecule has 0 radical (unpaired) electrons. The Morgan fingerprint density at radius 2 is 1.32 bits per heavy atom. The monoisotopic (exact) mass is 317 g/mol. The van der Waals surface area contributed by atoms with Crippen molar-refractivity contribution in [3.05, 3.63) is 59.1 Å². The van der Waals surface area contributed by atoms with Crippen LogP contribution in [-0.4, -0.2) is 30.9 Å².